The van der Waals surface area contributed by atoms with E-state index < -0.39 is 16.1 Å². The summed E-state index contributed by atoms with van der Waals surface area (Å²) in [5.41, 5.74) is 2.48. The highest BCUT2D eigenvalue weighted by atomic mass is 32.2. The molecule has 0 saturated carbocycles. The molecule has 41 heavy (non-hydrogen) atoms. The van der Waals surface area contributed by atoms with Crippen LogP contribution in [0.15, 0.2) is 46.9 Å². The van der Waals surface area contributed by atoms with E-state index in [0.717, 1.165) is 68.1 Å². The molecular weight excluding hydrogens is 536 g/mol. The van der Waals surface area contributed by atoms with Crippen molar-refractivity contribution in [3.05, 3.63) is 59.4 Å². The molecule has 3 aromatic rings. The Bertz CT molecular complexity index is 1300. The van der Waals surface area contributed by atoms with Crippen molar-refractivity contribution in [2.24, 2.45) is 5.92 Å². The molecule has 1 aromatic heterocycles. The van der Waals surface area contributed by atoms with Crippen molar-refractivity contribution < 1.29 is 22.7 Å². The van der Waals surface area contributed by atoms with Gasteiger partial charge in [-0.05, 0) is 87.0 Å². The summed E-state index contributed by atoms with van der Waals surface area (Å²) >= 11 is 0. The van der Waals surface area contributed by atoms with Crippen molar-refractivity contribution in [1.82, 2.24) is 4.90 Å². The monoisotopic (exact) mass is 586 g/mol. The van der Waals surface area contributed by atoms with Gasteiger partial charge < -0.3 is 19.2 Å². The summed E-state index contributed by atoms with van der Waals surface area (Å²) in [4.78, 5) is 2.57. The predicted octanol–water partition coefficient (Wildman–Crippen LogP) is 7.54. The summed E-state index contributed by atoms with van der Waals surface area (Å²) < 4.78 is 38.3. The number of aliphatic hydroxyl groups excluding tert-OH is 1. The van der Waals surface area contributed by atoms with Crippen LogP contribution in [0.4, 0.5) is 5.69 Å². The highest BCUT2D eigenvalue weighted by Gasteiger charge is 2.23. The molecule has 0 aliphatic carbocycles. The van der Waals surface area contributed by atoms with Crippen molar-refractivity contribution in [3.63, 3.8) is 0 Å². The van der Waals surface area contributed by atoms with E-state index in [1.165, 1.54) is 25.7 Å². The number of unbranched alkanes of at least 4 members (excludes halogenated alkanes) is 2. The number of aryl methyl sites for hydroxylation is 1. The van der Waals surface area contributed by atoms with Crippen LogP contribution in [-0.2, 0) is 16.4 Å². The molecule has 0 spiro atoms. The number of anilines is 1. The second-order valence-corrected chi connectivity index (χ2v) is 13.3. The molecule has 2 N–H and O–H groups in total. The molecular formula is C33H50N2O5S. The van der Waals surface area contributed by atoms with Gasteiger partial charge in [0, 0.05) is 29.6 Å². The molecule has 1 heterocycles. The summed E-state index contributed by atoms with van der Waals surface area (Å²) in [6.45, 7) is 12.9. The van der Waals surface area contributed by atoms with Crippen LogP contribution < -0.4 is 9.46 Å². The number of hydrogen-bond donors (Lipinski definition) is 2. The molecule has 0 aliphatic rings. The smallest absolute Gasteiger partial charge is 0.229 e. The average molecular weight is 587 g/mol. The maximum atomic E-state index is 11.8. The Morgan fingerprint density at radius 2 is 1.63 bits per heavy atom. The fraction of sp³-hybridized carbons (Fsp3) is 0.576. The standard InChI is InChI=1S/C33H50N2O5S/c1-6-8-13-31-32(29-24-27(34-41(5,37)38)16-19-30(29)40-31)33(36)26-14-17-28(18-15-26)39-23-11-22-35(20-9-7-2)21-10-12-25(3)4/h14-19,24-25,33-34,36H,6-13,20-23H2,1-5H3. The van der Waals surface area contributed by atoms with Crippen LogP contribution in [0.3, 0.4) is 0 Å². The lowest BCUT2D eigenvalue weighted by molar-refractivity contribution is 0.217. The molecule has 228 valence electrons. The first-order valence-corrected chi connectivity index (χ1v) is 17.2. The molecule has 0 saturated heterocycles. The van der Waals surface area contributed by atoms with Gasteiger partial charge in [-0.1, -0.05) is 52.7 Å². The van der Waals surface area contributed by atoms with E-state index in [2.05, 4.69) is 37.3 Å². The van der Waals surface area contributed by atoms with Crippen LogP contribution >= 0.6 is 0 Å². The second-order valence-electron chi connectivity index (χ2n) is 11.5. The molecule has 0 bridgehead atoms. The minimum atomic E-state index is -3.43. The van der Waals surface area contributed by atoms with Crippen LogP contribution in [0.2, 0.25) is 0 Å². The summed E-state index contributed by atoms with van der Waals surface area (Å²) in [7, 11) is -3.43. The van der Waals surface area contributed by atoms with Crippen molar-refractivity contribution in [2.45, 2.75) is 85.2 Å². The second kappa shape index (κ2) is 16.2. The number of rotatable bonds is 19. The molecule has 0 aliphatic heterocycles. The van der Waals surface area contributed by atoms with Crippen LogP contribution in [0.5, 0.6) is 5.75 Å². The van der Waals surface area contributed by atoms with E-state index in [-0.39, 0.29) is 0 Å². The quantitative estimate of drug-likeness (QED) is 0.141. The van der Waals surface area contributed by atoms with E-state index in [4.69, 9.17) is 9.15 Å². The Morgan fingerprint density at radius 1 is 0.951 bits per heavy atom. The van der Waals surface area contributed by atoms with Gasteiger partial charge in [-0.3, -0.25) is 4.72 Å². The number of ether oxygens (including phenoxy) is 1. The lowest BCUT2D eigenvalue weighted by atomic mass is 9.96. The van der Waals surface area contributed by atoms with Crippen molar-refractivity contribution in [1.29, 1.82) is 0 Å². The van der Waals surface area contributed by atoms with Gasteiger partial charge >= 0.3 is 0 Å². The van der Waals surface area contributed by atoms with Gasteiger partial charge in [-0.15, -0.1) is 0 Å². The van der Waals surface area contributed by atoms with Gasteiger partial charge in [0.1, 0.15) is 23.2 Å². The minimum absolute atomic E-state index is 0.438. The molecule has 7 nitrogen and oxygen atoms in total. The Hall–Kier alpha value is -2.55. The topological polar surface area (TPSA) is 92.0 Å². The molecule has 2 aromatic carbocycles. The molecule has 1 unspecified atom stereocenters. The third-order valence-electron chi connectivity index (χ3n) is 7.30. The maximum Gasteiger partial charge on any atom is 0.229 e. The van der Waals surface area contributed by atoms with E-state index in [1.807, 2.05) is 24.3 Å². The molecule has 8 heteroatoms. The zero-order valence-corrected chi connectivity index (χ0v) is 26.4. The fourth-order valence-electron chi connectivity index (χ4n) is 5.10. The minimum Gasteiger partial charge on any atom is -0.494 e. The highest BCUT2D eigenvalue weighted by Crippen LogP contribution is 2.37. The number of nitrogens with one attached hydrogen (secondary N) is 1. The van der Waals surface area contributed by atoms with E-state index in [1.54, 1.807) is 18.2 Å². The number of hydrogen-bond acceptors (Lipinski definition) is 6. The highest BCUT2D eigenvalue weighted by molar-refractivity contribution is 7.92. The zero-order chi connectivity index (χ0) is 29.8. The summed E-state index contributed by atoms with van der Waals surface area (Å²) in [5, 5.41) is 12.2. The van der Waals surface area contributed by atoms with Crippen LogP contribution in [0, 0.1) is 5.92 Å². The average Bonchev–Trinajstić information content (AvgIpc) is 3.28. The number of sulfonamides is 1. The number of nitrogens with zero attached hydrogens (tertiary/aromatic N) is 1. The lowest BCUT2D eigenvalue weighted by Crippen LogP contribution is -2.28. The van der Waals surface area contributed by atoms with Gasteiger partial charge in [0.05, 0.1) is 12.9 Å². The lowest BCUT2D eigenvalue weighted by Gasteiger charge is -2.22. The van der Waals surface area contributed by atoms with E-state index in [0.29, 0.717) is 35.2 Å². The van der Waals surface area contributed by atoms with Gasteiger partial charge in [0.25, 0.3) is 0 Å². The van der Waals surface area contributed by atoms with Gasteiger partial charge in [-0.2, -0.15) is 0 Å². The Balaban J connectivity index is 1.67. The number of aliphatic hydroxyl groups is 1. The largest absolute Gasteiger partial charge is 0.494 e. The van der Waals surface area contributed by atoms with E-state index >= 15 is 0 Å². The Morgan fingerprint density at radius 3 is 2.29 bits per heavy atom. The van der Waals surface area contributed by atoms with Crippen LogP contribution in [-0.4, -0.2) is 50.9 Å². The molecule has 1 atom stereocenters. The normalized spacial score (nSPS) is 12.9. The number of fused-ring (bicyclic) bond motifs is 1. The zero-order valence-electron chi connectivity index (χ0n) is 25.6. The first-order valence-electron chi connectivity index (χ1n) is 15.3. The first-order chi connectivity index (χ1) is 19.6. The van der Waals surface area contributed by atoms with E-state index in [9.17, 15) is 13.5 Å². The van der Waals surface area contributed by atoms with Crippen molar-refractivity contribution in [2.75, 3.05) is 37.2 Å². The molecule has 0 amide bonds. The SMILES string of the molecule is CCCCc1oc2ccc(NS(C)(=O)=O)cc2c1C(O)c1ccc(OCCCN(CCCC)CCCC(C)C)cc1. The molecule has 0 fully saturated rings. The van der Waals surface area contributed by atoms with Gasteiger partial charge in [-0.25, -0.2) is 8.42 Å². The van der Waals surface area contributed by atoms with Crippen LogP contribution in [0.25, 0.3) is 11.0 Å². The van der Waals surface area contributed by atoms with Crippen molar-refractivity contribution in [3.8, 4) is 5.75 Å². The van der Waals surface area contributed by atoms with Crippen molar-refractivity contribution >= 4 is 26.7 Å². The van der Waals surface area contributed by atoms with Crippen LogP contribution in [0.1, 0.15) is 95.6 Å². The van der Waals surface area contributed by atoms with Gasteiger partial charge in [0.15, 0.2) is 0 Å². The summed E-state index contributed by atoms with van der Waals surface area (Å²) in [5.74, 6) is 2.26. The fourth-order valence-corrected chi connectivity index (χ4v) is 5.65. The predicted molar refractivity (Wildman–Crippen MR) is 169 cm³/mol. The molecule has 3 rings (SSSR count). The summed E-state index contributed by atoms with van der Waals surface area (Å²) in [6.07, 6.45) is 8.75. The van der Waals surface area contributed by atoms with Gasteiger partial charge in [0.2, 0.25) is 10.0 Å². The Labute approximate surface area is 247 Å². The third kappa shape index (κ3) is 10.7. The number of benzene rings is 2. The third-order valence-corrected chi connectivity index (χ3v) is 7.91. The number of furan rings is 1. The Kier molecular flexibility index (Phi) is 13.0. The maximum absolute atomic E-state index is 11.8. The summed E-state index contributed by atoms with van der Waals surface area (Å²) in [6, 6.07) is 12.7. The molecule has 0 radical (unpaired) electrons. The first kappa shape index (κ1) is 33.0.